The van der Waals surface area contributed by atoms with E-state index >= 15 is 0 Å². The van der Waals surface area contributed by atoms with Crippen LogP contribution in [0.2, 0.25) is 0 Å². The summed E-state index contributed by atoms with van der Waals surface area (Å²) < 4.78 is 66.9. The Morgan fingerprint density at radius 3 is 2.10 bits per heavy atom. The highest BCUT2D eigenvalue weighted by Crippen LogP contribution is 2.35. The summed E-state index contributed by atoms with van der Waals surface area (Å²) >= 11 is 0. The molecule has 2 aromatic rings. The highest BCUT2D eigenvalue weighted by molar-refractivity contribution is 7.92. The third-order valence-electron chi connectivity index (χ3n) is 4.64. The van der Waals surface area contributed by atoms with Gasteiger partial charge in [0.15, 0.2) is 0 Å². The van der Waals surface area contributed by atoms with Gasteiger partial charge in [0.1, 0.15) is 11.8 Å². The molecule has 0 fully saturated rings. The zero-order valence-electron chi connectivity index (χ0n) is 16.1. The number of imide groups is 1. The molecule has 3 rings (SSSR count). The number of carbonyl (C=O) groups excluding carboxylic acids is 3. The fourth-order valence-corrected chi connectivity index (χ4v) is 3.79. The van der Waals surface area contributed by atoms with Crippen LogP contribution in [0.15, 0.2) is 47.4 Å². The van der Waals surface area contributed by atoms with E-state index in [0.29, 0.717) is 17.0 Å². The molecule has 1 aliphatic heterocycles. The van der Waals surface area contributed by atoms with Crippen molar-refractivity contribution in [2.24, 2.45) is 0 Å². The summed E-state index contributed by atoms with van der Waals surface area (Å²) in [6.45, 7) is 1.25. The minimum Gasteiger partial charge on any atom is -0.495 e. The lowest BCUT2D eigenvalue weighted by Gasteiger charge is -2.22. The van der Waals surface area contributed by atoms with Crippen molar-refractivity contribution in [2.45, 2.75) is 23.4 Å². The van der Waals surface area contributed by atoms with Crippen LogP contribution in [-0.2, 0) is 14.6 Å². The van der Waals surface area contributed by atoms with Crippen molar-refractivity contribution in [3.63, 3.8) is 0 Å². The van der Waals surface area contributed by atoms with Crippen LogP contribution in [0.25, 0.3) is 0 Å². The molecule has 3 amide bonds. The standard InChI is InChI=1S/C19H15F3N2O6S/c1-10(24-17(26)12-5-3-4-6-13(12)18(24)27)16(25)23-14-9-11(7-8-15(14)30-2)31(28,29)19(20,21)22/h3-10H,1-2H3,(H,23,25). The van der Waals surface area contributed by atoms with Gasteiger partial charge < -0.3 is 10.1 Å². The van der Waals surface area contributed by atoms with Gasteiger partial charge in [0.05, 0.1) is 28.8 Å². The summed E-state index contributed by atoms with van der Waals surface area (Å²) in [5.41, 5.74) is -5.69. The van der Waals surface area contributed by atoms with Crippen LogP contribution in [-0.4, -0.2) is 49.7 Å². The van der Waals surface area contributed by atoms with Gasteiger partial charge in [0, 0.05) is 0 Å². The zero-order valence-corrected chi connectivity index (χ0v) is 16.9. The van der Waals surface area contributed by atoms with Crippen molar-refractivity contribution in [1.82, 2.24) is 4.90 Å². The summed E-state index contributed by atoms with van der Waals surface area (Å²) in [5.74, 6) is -2.47. The number of benzene rings is 2. The molecule has 1 atom stereocenters. The van der Waals surface area contributed by atoms with Crippen LogP contribution in [0.4, 0.5) is 18.9 Å². The van der Waals surface area contributed by atoms with Gasteiger partial charge in [-0.3, -0.25) is 19.3 Å². The second-order valence-corrected chi connectivity index (χ2v) is 8.44. The van der Waals surface area contributed by atoms with Crippen molar-refractivity contribution in [1.29, 1.82) is 0 Å². The largest absolute Gasteiger partial charge is 0.501 e. The molecule has 0 saturated heterocycles. The number of hydrogen-bond acceptors (Lipinski definition) is 6. The van der Waals surface area contributed by atoms with E-state index in [4.69, 9.17) is 4.74 Å². The van der Waals surface area contributed by atoms with Crippen LogP contribution in [0.3, 0.4) is 0 Å². The molecule has 12 heteroatoms. The van der Waals surface area contributed by atoms with Crippen LogP contribution >= 0.6 is 0 Å². The first-order valence-electron chi connectivity index (χ1n) is 8.67. The van der Waals surface area contributed by atoms with E-state index in [0.717, 1.165) is 13.2 Å². The fourth-order valence-electron chi connectivity index (χ4n) is 3.00. The maximum atomic E-state index is 12.9. The minimum absolute atomic E-state index is 0.114. The predicted octanol–water partition coefficient (Wildman–Crippen LogP) is 2.61. The van der Waals surface area contributed by atoms with Gasteiger partial charge in [-0.2, -0.15) is 13.2 Å². The van der Waals surface area contributed by atoms with Crippen molar-refractivity contribution >= 4 is 33.2 Å². The number of sulfone groups is 1. The lowest BCUT2D eigenvalue weighted by molar-refractivity contribution is -0.119. The van der Waals surface area contributed by atoms with Gasteiger partial charge in [0.2, 0.25) is 5.91 Å². The molecular formula is C19H15F3N2O6S. The third kappa shape index (κ3) is 3.74. The highest BCUT2D eigenvalue weighted by Gasteiger charge is 2.47. The number of alkyl halides is 3. The Hall–Kier alpha value is -3.41. The fraction of sp³-hybridized carbons (Fsp3) is 0.211. The Bertz CT molecular complexity index is 1160. The molecular weight excluding hydrogens is 441 g/mol. The smallest absolute Gasteiger partial charge is 0.495 e. The molecule has 0 spiro atoms. The Labute approximate surface area is 174 Å². The molecule has 1 heterocycles. The molecule has 0 aromatic heterocycles. The number of anilines is 1. The second kappa shape index (κ2) is 7.69. The Morgan fingerprint density at radius 2 is 1.61 bits per heavy atom. The minimum atomic E-state index is -5.67. The van der Waals surface area contributed by atoms with Crippen molar-refractivity contribution in [2.75, 3.05) is 12.4 Å². The topological polar surface area (TPSA) is 110 Å². The zero-order chi connectivity index (χ0) is 23.1. The maximum absolute atomic E-state index is 12.9. The number of methoxy groups -OCH3 is 1. The first-order valence-corrected chi connectivity index (χ1v) is 10.2. The van der Waals surface area contributed by atoms with Crippen LogP contribution in [0.1, 0.15) is 27.6 Å². The Balaban J connectivity index is 1.91. The number of halogens is 3. The summed E-state index contributed by atoms with van der Waals surface area (Å²) in [7, 11) is -4.51. The molecule has 1 unspecified atom stereocenters. The third-order valence-corrected chi connectivity index (χ3v) is 6.12. The van der Waals surface area contributed by atoms with Gasteiger partial charge >= 0.3 is 5.51 Å². The van der Waals surface area contributed by atoms with Crippen molar-refractivity contribution in [3.8, 4) is 5.75 Å². The van der Waals surface area contributed by atoms with E-state index in [-0.39, 0.29) is 22.6 Å². The maximum Gasteiger partial charge on any atom is 0.501 e. The summed E-state index contributed by atoms with van der Waals surface area (Å²) in [6, 6.07) is 6.83. The Morgan fingerprint density at radius 1 is 1.06 bits per heavy atom. The van der Waals surface area contributed by atoms with E-state index in [1.54, 1.807) is 12.1 Å². The van der Waals surface area contributed by atoms with Crippen LogP contribution in [0, 0.1) is 0 Å². The lowest BCUT2D eigenvalue weighted by atomic mass is 10.1. The van der Waals surface area contributed by atoms with Gasteiger partial charge in [-0.1, -0.05) is 12.1 Å². The number of hydrogen-bond donors (Lipinski definition) is 1. The first kappa shape index (κ1) is 22.3. The molecule has 2 aromatic carbocycles. The van der Waals surface area contributed by atoms with Gasteiger partial charge in [-0.05, 0) is 37.3 Å². The summed E-state index contributed by atoms with van der Waals surface area (Å²) in [6.07, 6.45) is 0. The molecule has 1 N–H and O–H groups in total. The monoisotopic (exact) mass is 456 g/mol. The van der Waals surface area contributed by atoms with Gasteiger partial charge in [-0.15, -0.1) is 0 Å². The second-order valence-electron chi connectivity index (χ2n) is 6.50. The molecule has 31 heavy (non-hydrogen) atoms. The average Bonchev–Trinajstić information content (AvgIpc) is 2.97. The Kier molecular flexibility index (Phi) is 5.53. The number of amides is 3. The number of rotatable bonds is 5. The molecule has 0 radical (unpaired) electrons. The van der Waals surface area contributed by atoms with Crippen molar-refractivity contribution < 1.29 is 40.7 Å². The van der Waals surface area contributed by atoms with E-state index in [9.17, 15) is 36.0 Å². The molecule has 0 bridgehead atoms. The van der Waals surface area contributed by atoms with Crippen molar-refractivity contribution in [3.05, 3.63) is 53.6 Å². The molecule has 164 valence electrons. The molecule has 8 nitrogen and oxygen atoms in total. The first-order chi connectivity index (χ1) is 14.4. The van der Waals surface area contributed by atoms with Crippen LogP contribution < -0.4 is 10.1 Å². The SMILES string of the molecule is COc1ccc(S(=O)(=O)C(F)(F)F)cc1NC(=O)C(C)N1C(=O)c2ccccc2C1=O. The van der Waals surface area contributed by atoms with Gasteiger partial charge in [0.25, 0.3) is 21.7 Å². The van der Waals surface area contributed by atoms with E-state index in [2.05, 4.69) is 5.32 Å². The quantitative estimate of drug-likeness (QED) is 0.693. The number of nitrogens with one attached hydrogen (secondary N) is 1. The molecule has 1 aliphatic rings. The van der Waals surface area contributed by atoms with Gasteiger partial charge in [-0.25, -0.2) is 8.42 Å². The molecule has 0 saturated carbocycles. The predicted molar refractivity (Wildman–Crippen MR) is 101 cm³/mol. The van der Waals surface area contributed by atoms with E-state index in [1.165, 1.54) is 19.1 Å². The highest BCUT2D eigenvalue weighted by atomic mass is 32.2. The average molecular weight is 456 g/mol. The number of ether oxygens (including phenoxy) is 1. The molecule has 0 aliphatic carbocycles. The summed E-state index contributed by atoms with van der Waals surface area (Å²) in [5, 5.41) is 2.23. The van der Waals surface area contributed by atoms with E-state index < -0.39 is 44.0 Å². The number of carbonyl (C=O) groups is 3. The van der Waals surface area contributed by atoms with Crippen LogP contribution in [0.5, 0.6) is 5.75 Å². The lowest BCUT2D eigenvalue weighted by Crippen LogP contribution is -2.45. The number of fused-ring (bicyclic) bond motifs is 1. The normalized spacial score (nSPS) is 14.9. The number of nitrogens with zero attached hydrogens (tertiary/aromatic N) is 1. The van der Waals surface area contributed by atoms with E-state index in [1.807, 2.05) is 0 Å². The summed E-state index contributed by atoms with van der Waals surface area (Å²) in [4.78, 5) is 37.3.